The van der Waals surface area contributed by atoms with Crippen LogP contribution >= 0.6 is 0 Å². The smallest absolute Gasteiger partial charge is 0.225 e. The van der Waals surface area contributed by atoms with Gasteiger partial charge in [-0.05, 0) is 63.7 Å². The summed E-state index contributed by atoms with van der Waals surface area (Å²) < 4.78 is 1.81. The molecule has 5 heterocycles. The second kappa shape index (κ2) is 12.0. The van der Waals surface area contributed by atoms with E-state index in [1.165, 1.54) is 32.4 Å². The molecule has 1 saturated carbocycles. The summed E-state index contributed by atoms with van der Waals surface area (Å²) in [6.45, 7) is 7.67. The van der Waals surface area contributed by atoms with Gasteiger partial charge in [-0.3, -0.25) is 9.59 Å². The Morgan fingerprint density at radius 2 is 1.70 bits per heavy atom. The molecule has 212 valence electrons. The van der Waals surface area contributed by atoms with Crippen LogP contribution in [0, 0.1) is 5.92 Å². The van der Waals surface area contributed by atoms with Crippen molar-refractivity contribution < 1.29 is 9.59 Å². The molecule has 40 heavy (non-hydrogen) atoms. The van der Waals surface area contributed by atoms with Gasteiger partial charge in [-0.15, -0.1) is 0 Å². The van der Waals surface area contributed by atoms with Gasteiger partial charge >= 0.3 is 0 Å². The molecule has 3 aliphatic rings. The number of fused-ring (bicyclic) bond motifs is 1. The van der Waals surface area contributed by atoms with Gasteiger partial charge in [0.25, 0.3) is 0 Å². The van der Waals surface area contributed by atoms with E-state index in [-0.39, 0.29) is 11.7 Å². The molecule has 1 amide bonds. The summed E-state index contributed by atoms with van der Waals surface area (Å²) in [5.74, 6) is 1.40. The number of piperazine rings is 1. The van der Waals surface area contributed by atoms with Crippen LogP contribution in [-0.2, 0) is 11.3 Å². The summed E-state index contributed by atoms with van der Waals surface area (Å²) in [6, 6.07) is 6.19. The molecule has 0 atom stereocenters. The Hall–Kier alpha value is -3.40. The van der Waals surface area contributed by atoms with E-state index in [2.05, 4.69) is 34.8 Å². The van der Waals surface area contributed by atoms with Crippen molar-refractivity contribution in [2.24, 2.45) is 5.92 Å². The summed E-state index contributed by atoms with van der Waals surface area (Å²) >= 11 is 0. The van der Waals surface area contributed by atoms with Crippen LogP contribution in [0.15, 0.2) is 30.7 Å². The number of amides is 1. The van der Waals surface area contributed by atoms with Crippen molar-refractivity contribution in [1.82, 2.24) is 34.5 Å². The Balaban J connectivity index is 1.07. The maximum atomic E-state index is 13.4. The highest BCUT2D eigenvalue weighted by molar-refractivity contribution is 5.94. The fraction of sp³-hybridized carbons (Fsp3) is 0.600. The summed E-state index contributed by atoms with van der Waals surface area (Å²) in [5.41, 5.74) is 1.98. The molecule has 2 aliphatic heterocycles. The predicted octanol–water partition coefficient (Wildman–Crippen LogP) is 3.56. The summed E-state index contributed by atoms with van der Waals surface area (Å²) in [7, 11) is 0. The minimum Gasteiger partial charge on any atom is -0.352 e. The number of rotatable bonds is 7. The van der Waals surface area contributed by atoms with Crippen molar-refractivity contribution in [1.29, 1.82) is 0 Å². The van der Waals surface area contributed by atoms with Crippen molar-refractivity contribution in [3.05, 3.63) is 42.1 Å². The number of nitrogens with zero attached hydrogens (tertiary/aromatic N) is 8. The van der Waals surface area contributed by atoms with E-state index >= 15 is 0 Å². The molecule has 0 radical (unpaired) electrons. The molecule has 6 rings (SSSR count). The van der Waals surface area contributed by atoms with E-state index in [0.29, 0.717) is 43.7 Å². The van der Waals surface area contributed by atoms with Crippen LogP contribution in [0.25, 0.3) is 11.0 Å². The lowest BCUT2D eigenvalue weighted by atomic mass is 9.83. The lowest BCUT2D eigenvalue weighted by Gasteiger charge is -2.41. The fourth-order valence-electron chi connectivity index (χ4n) is 6.67. The molecule has 0 spiro atoms. The van der Waals surface area contributed by atoms with Crippen LogP contribution < -0.4 is 4.90 Å². The van der Waals surface area contributed by atoms with Gasteiger partial charge in [-0.25, -0.2) is 19.6 Å². The summed E-state index contributed by atoms with van der Waals surface area (Å²) in [6.07, 6.45) is 12.2. The van der Waals surface area contributed by atoms with Gasteiger partial charge in [0, 0.05) is 44.6 Å². The number of hydrogen-bond acceptors (Lipinski definition) is 8. The van der Waals surface area contributed by atoms with E-state index in [1.807, 2.05) is 29.9 Å². The van der Waals surface area contributed by atoms with E-state index in [4.69, 9.17) is 0 Å². The molecule has 10 nitrogen and oxygen atoms in total. The molecule has 3 aromatic heterocycles. The first kappa shape index (κ1) is 26.8. The highest BCUT2D eigenvalue weighted by Gasteiger charge is 2.33. The van der Waals surface area contributed by atoms with Gasteiger partial charge < -0.3 is 14.7 Å². The van der Waals surface area contributed by atoms with Crippen LogP contribution in [0.2, 0.25) is 0 Å². The fourth-order valence-corrected chi connectivity index (χ4v) is 6.67. The normalized spacial score (nSPS) is 22.5. The van der Waals surface area contributed by atoms with Gasteiger partial charge in [-0.2, -0.15) is 5.10 Å². The Labute approximate surface area is 235 Å². The lowest BCUT2D eigenvalue weighted by molar-refractivity contribution is -0.137. The molecule has 3 fully saturated rings. The van der Waals surface area contributed by atoms with Gasteiger partial charge in [0.15, 0.2) is 11.4 Å². The van der Waals surface area contributed by atoms with Gasteiger partial charge in [0.05, 0.1) is 23.8 Å². The average Bonchev–Trinajstić information content (AvgIpc) is 3.43. The third-order valence-electron chi connectivity index (χ3n) is 8.98. The average molecular weight is 545 g/mol. The molecule has 3 aromatic rings. The molecular formula is C30H40N8O2. The number of hydrogen-bond donors (Lipinski definition) is 0. The Morgan fingerprint density at radius 3 is 2.45 bits per heavy atom. The first-order valence-corrected chi connectivity index (χ1v) is 15.0. The molecule has 0 unspecified atom stereocenters. The topological polar surface area (TPSA) is 100 Å². The van der Waals surface area contributed by atoms with Crippen LogP contribution in [0.5, 0.6) is 0 Å². The lowest BCUT2D eigenvalue weighted by Crippen LogP contribution is -2.51. The second-order valence-electron chi connectivity index (χ2n) is 11.4. The number of piperidine rings is 1. The quantitative estimate of drug-likeness (QED) is 0.417. The van der Waals surface area contributed by atoms with Crippen LogP contribution in [0.3, 0.4) is 0 Å². The number of pyridine rings is 1. The number of aromatic nitrogens is 5. The monoisotopic (exact) mass is 544 g/mol. The van der Waals surface area contributed by atoms with Crippen molar-refractivity contribution in [3.8, 4) is 0 Å². The zero-order valence-corrected chi connectivity index (χ0v) is 23.5. The molecular weight excluding hydrogens is 504 g/mol. The zero-order valence-electron chi connectivity index (χ0n) is 23.5. The van der Waals surface area contributed by atoms with Gasteiger partial charge in [0.1, 0.15) is 17.8 Å². The minimum atomic E-state index is 0.0274. The van der Waals surface area contributed by atoms with Gasteiger partial charge in [0.2, 0.25) is 5.91 Å². The third-order valence-corrected chi connectivity index (χ3v) is 8.98. The Morgan fingerprint density at radius 1 is 0.925 bits per heavy atom. The largest absolute Gasteiger partial charge is 0.352 e. The number of likely N-dealkylation sites (tertiary alicyclic amines) is 1. The Kier molecular flexibility index (Phi) is 8.04. The van der Waals surface area contributed by atoms with E-state index in [0.717, 1.165) is 61.3 Å². The van der Waals surface area contributed by atoms with Crippen LogP contribution in [0.4, 0.5) is 5.82 Å². The SMILES string of the molecule is CCC(=O)c1cccc(Cn2ncc3c(N4CCN(C(=O)C5CCC(N6CCCCC6)CC5)CC4)ncnc32)n1. The minimum absolute atomic E-state index is 0.0274. The molecule has 0 aromatic carbocycles. The first-order valence-electron chi connectivity index (χ1n) is 15.0. The van der Waals surface area contributed by atoms with Crippen molar-refractivity contribution >= 4 is 28.5 Å². The maximum absolute atomic E-state index is 13.4. The van der Waals surface area contributed by atoms with Crippen molar-refractivity contribution in [2.45, 2.75) is 70.9 Å². The van der Waals surface area contributed by atoms with Gasteiger partial charge in [-0.1, -0.05) is 19.4 Å². The maximum Gasteiger partial charge on any atom is 0.225 e. The highest BCUT2D eigenvalue weighted by Crippen LogP contribution is 2.31. The number of ketones is 1. The second-order valence-corrected chi connectivity index (χ2v) is 11.4. The highest BCUT2D eigenvalue weighted by atomic mass is 16.2. The zero-order chi connectivity index (χ0) is 27.5. The van der Waals surface area contributed by atoms with Crippen molar-refractivity contribution in [3.63, 3.8) is 0 Å². The van der Waals surface area contributed by atoms with Crippen LogP contribution in [-0.4, -0.2) is 91.5 Å². The summed E-state index contributed by atoms with van der Waals surface area (Å²) in [5, 5.41) is 5.47. The van der Waals surface area contributed by atoms with Crippen LogP contribution in [0.1, 0.15) is 74.5 Å². The number of anilines is 1. The molecule has 10 heteroatoms. The molecule has 1 aliphatic carbocycles. The van der Waals surface area contributed by atoms with E-state index in [9.17, 15) is 9.59 Å². The van der Waals surface area contributed by atoms with Crippen molar-refractivity contribution in [2.75, 3.05) is 44.2 Å². The molecule has 0 N–H and O–H groups in total. The molecule has 0 bridgehead atoms. The van der Waals surface area contributed by atoms with E-state index < -0.39 is 0 Å². The number of Topliss-reactive ketones (excluding diaryl/α,β-unsaturated/α-hetero) is 1. The predicted molar refractivity (Wildman–Crippen MR) is 153 cm³/mol. The first-order chi connectivity index (χ1) is 19.6. The Bertz CT molecular complexity index is 1330. The number of carbonyl (C=O) groups is 2. The summed E-state index contributed by atoms with van der Waals surface area (Å²) in [4.78, 5) is 46.1. The third kappa shape index (κ3) is 5.59. The molecule has 2 saturated heterocycles. The number of carbonyl (C=O) groups excluding carboxylic acids is 2. The van der Waals surface area contributed by atoms with E-state index in [1.54, 1.807) is 12.4 Å². The standard InChI is InChI=1S/C30H40N8O2/c1-2-27(39)26-8-6-7-23(34-26)20-38-29-25(19-33-38)28(31-21-32-29)36-15-17-37(18-16-36)30(40)22-9-11-24(12-10-22)35-13-4-3-5-14-35/h6-8,19,21-22,24H,2-5,9-18,20H2,1H3.